The van der Waals surface area contributed by atoms with Gasteiger partial charge >= 0.3 is 0 Å². The molecule has 0 spiro atoms. The van der Waals surface area contributed by atoms with Gasteiger partial charge in [-0.3, -0.25) is 4.79 Å². The molecule has 0 unspecified atom stereocenters. The van der Waals surface area contributed by atoms with Crippen molar-refractivity contribution in [1.82, 2.24) is 20.0 Å². The van der Waals surface area contributed by atoms with Crippen molar-refractivity contribution in [3.05, 3.63) is 21.9 Å². The Kier molecular flexibility index (Phi) is 4.62. The van der Waals surface area contributed by atoms with Gasteiger partial charge in [0.25, 0.3) is 5.91 Å². The fourth-order valence-corrected chi connectivity index (χ4v) is 3.53. The molecule has 0 aromatic carbocycles. The van der Waals surface area contributed by atoms with E-state index in [1.165, 1.54) is 32.0 Å². The maximum absolute atomic E-state index is 12.5. The maximum atomic E-state index is 12.5. The van der Waals surface area contributed by atoms with Gasteiger partial charge in [0.05, 0.1) is 5.56 Å². The van der Waals surface area contributed by atoms with E-state index in [9.17, 15) is 4.79 Å². The molecule has 2 fully saturated rings. The number of nitrogens with zero attached hydrogens (tertiary/aromatic N) is 4. The summed E-state index contributed by atoms with van der Waals surface area (Å²) in [4.78, 5) is 16.9. The second-order valence-corrected chi connectivity index (χ2v) is 6.38. The Labute approximate surface area is 134 Å². The number of halogens is 2. The van der Waals surface area contributed by atoms with Gasteiger partial charge in [0.15, 0.2) is 10.3 Å². The molecule has 0 N–H and O–H groups in total. The highest BCUT2D eigenvalue weighted by molar-refractivity contribution is 6.34. The third kappa shape index (κ3) is 3.30. The molecule has 0 radical (unpaired) electrons. The monoisotopic (exact) mass is 328 g/mol. The minimum atomic E-state index is -0.100. The first kappa shape index (κ1) is 15.0. The Morgan fingerprint density at radius 3 is 2.43 bits per heavy atom. The fourth-order valence-electron chi connectivity index (χ4n) is 3.21. The average Bonchev–Trinajstić information content (AvgIpc) is 3.03. The summed E-state index contributed by atoms with van der Waals surface area (Å²) in [7, 11) is 0. The summed E-state index contributed by atoms with van der Waals surface area (Å²) in [6, 6.07) is 2.11. The molecule has 5 nitrogen and oxygen atoms in total. The van der Waals surface area contributed by atoms with Crippen LogP contribution in [0.15, 0.2) is 6.07 Å². The number of aromatic nitrogens is 2. The largest absolute Gasteiger partial charge is 0.338 e. The Morgan fingerprint density at radius 1 is 1.10 bits per heavy atom. The van der Waals surface area contributed by atoms with Gasteiger partial charge in [0.2, 0.25) is 0 Å². The topological polar surface area (TPSA) is 49.3 Å². The van der Waals surface area contributed by atoms with Crippen molar-refractivity contribution in [3.63, 3.8) is 0 Å². The molecule has 7 heteroatoms. The van der Waals surface area contributed by atoms with E-state index in [0.717, 1.165) is 25.9 Å². The van der Waals surface area contributed by atoms with Crippen molar-refractivity contribution in [2.24, 2.45) is 0 Å². The molecule has 21 heavy (non-hydrogen) atoms. The van der Waals surface area contributed by atoms with Gasteiger partial charge in [0.1, 0.15) is 0 Å². The quantitative estimate of drug-likeness (QED) is 0.836. The van der Waals surface area contributed by atoms with Crippen LogP contribution in [0.3, 0.4) is 0 Å². The number of carbonyl (C=O) groups is 1. The van der Waals surface area contributed by atoms with E-state index in [4.69, 9.17) is 23.2 Å². The Bertz CT molecular complexity index is 526. The summed E-state index contributed by atoms with van der Waals surface area (Å²) in [6.07, 6.45) is 4.65. The zero-order valence-electron chi connectivity index (χ0n) is 11.8. The summed E-state index contributed by atoms with van der Waals surface area (Å²) in [5, 5.41) is 7.64. The second kappa shape index (κ2) is 6.46. The average molecular weight is 329 g/mol. The van der Waals surface area contributed by atoms with Gasteiger partial charge in [-0.1, -0.05) is 23.2 Å². The van der Waals surface area contributed by atoms with E-state index >= 15 is 0 Å². The molecule has 3 rings (SSSR count). The zero-order chi connectivity index (χ0) is 14.8. The van der Waals surface area contributed by atoms with Gasteiger partial charge < -0.3 is 9.80 Å². The molecular weight excluding hydrogens is 311 g/mol. The minimum absolute atomic E-state index is 0.100. The molecular formula is C14H18Cl2N4O. The molecule has 0 atom stereocenters. The van der Waals surface area contributed by atoms with E-state index in [1.807, 2.05) is 4.90 Å². The van der Waals surface area contributed by atoms with Crippen LogP contribution in [-0.2, 0) is 0 Å². The highest BCUT2D eigenvalue weighted by atomic mass is 35.5. The van der Waals surface area contributed by atoms with Crippen molar-refractivity contribution in [2.45, 2.75) is 31.7 Å². The van der Waals surface area contributed by atoms with Gasteiger partial charge in [-0.05, 0) is 44.8 Å². The molecule has 1 amide bonds. The molecule has 2 aliphatic rings. The Hall–Kier alpha value is -0.910. The molecule has 1 aromatic heterocycles. The molecule has 114 valence electrons. The van der Waals surface area contributed by atoms with Crippen LogP contribution in [0.4, 0.5) is 0 Å². The smallest absolute Gasteiger partial charge is 0.257 e. The summed E-state index contributed by atoms with van der Waals surface area (Å²) in [5.41, 5.74) is 0.344. The van der Waals surface area contributed by atoms with Crippen LogP contribution < -0.4 is 0 Å². The highest BCUT2D eigenvalue weighted by Gasteiger charge is 2.29. The number of hydrogen-bond donors (Lipinski definition) is 0. The van der Waals surface area contributed by atoms with E-state index in [0.29, 0.717) is 11.6 Å². The first-order chi connectivity index (χ1) is 10.1. The van der Waals surface area contributed by atoms with Crippen molar-refractivity contribution in [2.75, 3.05) is 26.2 Å². The van der Waals surface area contributed by atoms with Crippen LogP contribution >= 0.6 is 23.2 Å². The molecule has 1 aromatic rings. The number of amides is 1. The summed E-state index contributed by atoms with van der Waals surface area (Å²) in [6.45, 7) is 3.93. The van der Waals surface area contributed by atoms with Gasteiger partial charge in [-0.15, -0.1) is 10.2 Å². The lowest BCUT2D eigenvalue weighted by Crippen LogP contribution is -2.46. The van der Waals surface area contributed by atoms with Crippen molar-refractivity contribution < 1.29 is 4.79 Å². The van der Waals surface area contributed by atoms with Crippen LogP contribution in [0, 0.1) is 0 Å². The third-order valence-corrected chi connectivity index (χ3v) is 4.82. The number of hydrogen-bond acceptors (Lipinski definition) is 4. The lowest BCUT2D eigenvalue weighted by atomic mass is 10.0. The first-order valence-electron chi connectivity index (χ1n) is 7.37. The van der Waals surface area contributed by atoms with E-state index in [2.05, 4.69) is 15.1 Å². The minimum Gasteiger partial charge on any atom is -0.338 e. The van der Waals surface area contributed by atoms with Gasteiger partial charge in [0, 0.05) is 19.1 Å². The number of piperidine rings is 1. The van der Waals surface area contributed by atoms with Crippen LogP contribution in [0.25, 0.3) is 0 Å². The van der Waals surface area contributed by atoms with Gasteiger partial charge in [-0.25, -0.2) is 0 Å². The van der Waals surface area contributed by atoms with Crippen LogP contribution in [-0.4, -0.2) is 58.1 Å². The molecule has 3 heterocycles. The summed E-state index contributed by atoms with van der Waals surface area (Å²) >= 11 is 11.8. The molecule has 0 saturated carbocycles. The predicted octanol–water partition coefficient (Wildman–Crippen LogP) is 2.48. The first-order valence-corrected chi connectivity index (χ1v) is 8.13. The molecule has 2 aliphatic heterocycles. The highest BCUT2D eigenvalue weighted by Crippen LogP contribution is 2.24. The van der Waals surface area contributed by atoms with Crippen LogP contribution in [0.1, 0.15) is 36.0 Å². The van der Waals surface area contributed by atoms with Crippen molar-refractivity contribution in [3.8, 4) is 0 Å². The standard InChI is InChI=1S/C14H18Cl2N4O/c15-12-9-11(13(16)18-17-12)14(21)20-7-3-10(4-8-20)19-5-1-2-6-19/h9-10H,1-8H2. The third-order valence-electron chi connectivity index (χ3n) is 4.36. The molecule has 0 aliphatic carbocycles. The SMILES string of the molecule is O=C(c1cc(Cl)nnc1Cl)N1CCC(N2CCCC2)CC1. The molecule has 0 bridgehead atoms. The lowest BCUT2D eigenvalue weighted by Gasteiger charge is -2.36. The lowest BCUT2D eigenvalue weighted by molar-refractivity contribution is 0.0644. The van der Waals surface area contributed by atoms with E-state index < -0.39 is 0 Å². The van der Waals surface area contributed by atoms with Crippen LogP contribution in [0.5, 0.6) is 0 Å². The zero-order valence-corrected chi connectivity index (χ0v) is 13.3. The number of rotatable bonds is 2. The molecule has 2 saturated heterocycles. The van der Waals surface area contributed by atoms with Crippen molar-refractivity contribution in [1.29, 1.82) is 0 Å². The van der Waals surface area contributed by atoms with Crippen molar-refractivity contribution >= 4 is 29.1 Å². The Morgan fingerprint density at radius 2 is 1.76 bits per heavy atom. The van der Waals surface area contributed by atoms with E-state index in [1.54, 1.807) is 0 Å². The number of carbonyl (C=O) groups excluding carboxylic acids is 1. The Balaban J connectivity index is 1.63. The summed E-state index contributed by atoms with van der Waals surface area (Å²) in [5.74, 6) is -0.100. The normalized spacial score (nSPS) is 21.0. The maximum Gasteiger partial charge on any atom is 0.257 e. The predicted molar refractivity (Wildman–Crippen MR) is 81.8 cm³/mol. The fraction of sp³-hybridized carbons (Fsp3) is 0.643. The van der Waals surface area contributed by atoms with Crippen LogP contribution in [0.2, 0.25) is 10.3 Å². The van der Waals surface area contributed by atoms with Gasteiger partial charge in [-0.2, -0.15) is 0 Å². The summed E-state index contributed by atoms with van der Waals surface area (Å²) < 4.78 is 0. The second-order valence-electron chi connectivity index (χ2n) is 5.64. The van der Waals surface area contributed by atoms with E-state index in [-0.39, 0.29) is 16.2 Å². The number of likely N-dealkylation sites (tertiary alicyclic amines) is 2.